The molecule has 2 aromatic heterocycles. The van der Waals surface area contributed by atoms with Crippen LogP contribution in [0.15, 0.2) is 36.8 Å². The second kappa shape index (κ2) is 6.62. The highest BCUT2D eigenvalue weighted by atomic mass is 16.3. The van der Waals surface area contributed by atoms with Crippen LogP contribution in [0.2, 0.25) is 0 Å². The SMILES string of the molecule is Oc1cc(-c2cn[nH]c2)ccc1-c1cnc(N2CCC(NC3CC3)C2)nn1. The third kappa shape index (κ3) is 3.35. The Morgan fingerprint density at radius 3 is 2.70 bits per heavy atom. The molecule has 1 atom stereocenters. The number of anilines is 1. The maximum absolute atomic E-state index is 10.4. The van der Waals surface area contributed by atoms with Crippen molar-refractivity contribution in [3.05, 3.63) is 36.8 Å². The van der Waals surface area contributed by atoms with Crippen LogP contribution in [0.3, 0.4) is 0 Å². The summed E-state index contributed by atoms with van der Waals surface area (Å²) in [6, 6.07) is 6.67. The summed E-state index contributed by atoms with van der Waals surface area (Å²) < 4.78 is 0. The van der Waals surface area contributed by atoms with Gasteiger partial charge in [-0.15, -0.1) is 10.2 Å². The van der Waals surface area contributed by atoms with E-state index >= 15 is 0 Å². The highest BCUT2D eigenvalue weighted by Crippen LogP contribution is 2.32. The maximum atomic E-state index is 10.4. The van der Waals surface area contributed by atoms with E-state index < -0.39 is 0 Å². The van der Waals surface area contributed by atoms with Crippen molar-refractivity contribution >= 4 is 5.95 Å². The van der Waals surface area contributed by atoms with Crippen molar-refractivity contribution < 1.29 is 5.11 Å². The molecule has 0 radical (unpaired) electrons. The van der Waals surface area contributed by atoms with Crippen molar-refractivity contribution in [3.8, 4) is 28.1 Å². The van der Waals surface area contributed by atoms with Crippen molar-refractivity contribution in [3.63, 3.8) is 0 Å². The summed E-state index contributed by atoms with van der Waals surface area (Å²) in [5.41, 5.74) is 2.97. The minimum absolute atomic E-state index is 0.146. The van der Waals surface area contributed by atoms with Gasteiger partial charge >= 0.3 is 0 Å². The number of H-pyrrole nitrogens is 1. The Balaban J connectivity index is 1.31. The zero-order valence-electron chi connectivity index (χ0n) is 14.8. The van der Waals surface area contributed by atoms with Gasteiger partial charge in [0, 0.05) is 42.5 Å². The van der Waals surface area contributed by atoms with Crippen LogP contribution in [0.25, 0.3) is 22.4 Å². The normalized spacial score (nSPS) is 19.6. The van der Waals surface area contributed by atoms with E-state index in [0.717, 1.165) is 30.6 Å². The van der Waals surface area contributed by atoms with E-state index in [9.17, 15) is 5.11 Å². The van der Waals surface area contributed by atoms with Gasteiger partial charge in [-0.1, -0.05) is 6.07 Å². The van der Waals surface area contributed by atoms with Crippen molar-refractivity contribution in [1.29, 1.82) is 0 Å². The lowest BCUT2D eigenvalue weighted by Gasteiger charge is -2.16. The summed E-state index contributed by atoms with van der Waals surface area (Å²) in [5.74, 6) is 0.792. The molecule has 8 nitrogen and oxygen atoms in total. The molecule has 1 saturated heterocycles. The highest BCUT2D eigenvalue weighted by Gasteiger charge is 2.30. The molecule has 8 heteroatoms. The van der Waals surface area contributed by atoms with E-state index in [1.807, 2.05) is 12.1 Å². The number of hydrogen-bond acceptors (Lipinski definition) is 7. The molecule has 5 rings (SSSR count). The van der Waals surface area contributed by atoms with Gasteiger partial charge in [0.05, 0.1) is 12.4 Å². The van der Waals surface area contributed by atoms with Crippen molar-refractivity contribution in [2.24, 2.45) is 0 Å². The molecule has 3 aromatic rings. The fourth-order valence-corrected chi connectivity index (χ4v) is 3.54. The fraction of sp³-hybridized carbons (Fsp3) is 0.368. The molecule has 27 heavy (non-hydrogen) atoms. The molecule has 1 aliphatic carbocycles. The van der Waals surface area contributed by atoms with Crippen LogP contribution in [0, 0.1) is 0 Å². The summed E-state index contributed by atoms with van der Waals surface area (Å²) in [7, 11) is 0. The average Bonchev–Trinajstić information content (AvgIpc) is 3.15. The van der Waals surface area contributed by atoms with E-state index in [-0.39, 0.29) is 5.75 Å². The molecule has 3 N–H and O–H groups in total. The summed E-state index contributed by atoms with van der Waals surface area (Å²) in [6.45, 7) is 1.86. The van der Waals surface area contributed by atoms with Gasteiger partial charge < -0.3 is 15.3 Å². The Morgan fingerprint density at radius 1 is 1.07 bits per heavy atom. The number of nitrogens with zero attached hydrogens (tertiary/aromatic N) is 5. The van der Waals surface area contributed by atoms with Crippen molar-refractivity contribution in [2.75, 3.05) is 18.0 Å². The van der Waals surface area contributed by atoms with Crippen molar-refractivity contribution in [2.45, 2.75) is 31.3 Å². The summed E-state index contributed by atoms with van der Waals surface area (Å²) in [5, 5.41) is 29.3. The van der Waals surface area contributed by atoms with Crippen molar-refractivity contribution in [1.82, 2.24) is 30.7 Å². The van der Waals surface area contributed by atoms with Gasteiger partial charge in [0.15, 0.2) is 0 Å². The number of phenols is 1. The van der Waals surface area contributed by atoms with Crippen LogP contribution in [-0.2, 0) is 0 Å². The molecule has 3 heterocycles. The van der Waals surface area contributed by atoms with Crippen LogP contribution in [0.1, 0.15) is 19.3 Å². The quantitative estimate of drug-likeness (QED) is 0.637. The van der Waals surface area contributed by atoms with Gasteiger partial charge in [0.2, 0.25) is 5.95 Å². The first kappa shape index (κ1) is 16.2. The lowest BCUT2D eigenvalue weighted by Crippen LogP contribution is -2.34. The number of aromatic amines is 1. The number of aromatic hydroxyl groups is 1. The first-order valence-corrected chi connectivity index (χ1v) is 9.29. The standard InChI is InChI=1S/C19H21N7O/c27-18-7-12(13-8-21-22-9-13)1-4-16(18)17-10-20-19(25-24-17)26-6-5-15(11-26)23-14-2-3-14/h1,4,7-10,14-15,23,27H,2-3,5-6,11H2,(H,21,22). The summed E-state index contributed by atoms with van der Waals surface area (Å²) >= 11 is 0. The number of rotatable bonds is 5. The molecule has 0 bridgehead atoms. The fourth-order valence-electron chi connectivity index (χ4n) is 3.54. The summed E-state index contributed by atoms with van der Waals surface area (Å²) in [4.78, 5) is 6.64. The second-order valence-electron chi connectivity index (χ2n) is 7.23. The molecule has 0 amide bonds. The minimum Gasteiger partial charge on any atom is -0.507 e. The van der Waals surface area contributed by atoms with Crippen LogP contribution in [0.4, 0.5) is 5.95 Å². The smallest absolute Gasteiger partial charge is 0.245 e. The maximum Gasteiger partial charge on any atom is 0.245 e. The van der Waals surface area contributed by atoms with E-state index in [1.54, 1.807) is 24.7 Å². The van der Waals surface area contributed by atoms with Gasteiger partial charge in [-0.2, -0.15) is 5.10 Å². The van der Waals surface area contributed by atoms with E-state index in [2.05, 4.69) is 35.6 Å². The van der Waals surface area contributed by atoms with Crippen LogP contribution in [0.5, 0.6) is 5.75 Å². The molecule has 1 unspecified atom stereocenters. The third-order valence-corrected chi connectivity index (χ3v) is 5.17. The largest absolute Gasteiger partial charge is 0.507 e. The molecular weight excluding hydrogens is 342 g/mol. The predicted octanol–water partition coefficient (Wildman–Crippen LogP) is 1.96. The Labute approximate surface area is 156 Å². The number of phenolic OH excluding ortho intramolecular Hbond substituents is 1. The van der Waals surface area contributed by atoms with Crippen LogP contribution in [-0.4, -0.2) is 55.7 Å². The molecule has 1 aliphatic heterocycles. The second-order valence-corrected chi connectivity index (χ2v) is 7.23. The van der Waals surface area contributed by atoms with E-state index in [4.69, 9.17) is 0 Å². The highest BCUT2D eigenvalue weighted by molar-refractivity contribution is 5.73. The Bertz CT molecular complexity index is 922. The van der Waals surface area contributed by atoms with Crippen LogP contribution >= 0.6 is 0 Å². The average molecular weight is 363 g/mol. The zero-order chi connectivity index (χ0) is 18.2. The molecule has 2 aliphatic rings. The first-order valence-electron chi connectivity index (χ1n) is 9.29. The van der Waals surface area contributed by atoms with Gasteiger partial charge in [-0.3, -0.25) is 5.10 Å². The van der Waals surface area contributed by atoms with Gasteiger partial charge in [0.1, 0.15) is 11.4 Å². The van der Waals surface area contributed by atoms with E-state index in [0.29, 0.717) is 29.3 Å². The number of hydrogen-bond donors (Lipinski definition) is 3. The third-order valence-electron chi connectivity index (χ3n) is 5.17. The Hall–Kier alpha value is -3.00. The molecule has 2 fully saturated rings. The first-order chi connectivity index (χ1) is 13.3. The monoisotopic (exact) mass is 363 g/mol. The Morgan fingerprint density at radius 2 is 2.00 bits per heavy atom. The lowest BCUT2D eigenvalue weighted by atomic mass is 10.0. The Kier molecular flexibility index (Phi) is 3.97. The molecular formula is C19H21N7O. The van der Waals surface area contributed by atoms with Gasteiger partial charge in [0.25, 0.3) is 0 Å². The molecule has 1 saturated carbocycles. The zero-order valence-corrected chi connectivity index (χ0v) is 14.8. The number of benzene rings is 1. The van der Waals surface area contributed by atoms with Crippen LogP contribution < -0.4 is 10.2 Å². The topological polar surface area (TPSA) is 103 Å². The van der Waals surface area contributed by atoms with Gasteiger partial charge in [-0.05, 0) is 37.0 Å². The van der Waals surface area contributed by atoms with E-state index in [1.165, 1.54) is 12.8 Å². The molecule has 138 valence electrons. The minimum atomic E-state index is 0.146. The lowest BCUT2D eigenvalue weighted by molar-refractivity contribution is 0.477. The summed E-state index contributed by atoms with van der Waals surface area (Å²) in [6.07, 6.45) is 8.88. The number of nitrogens with one attached hydrogen (secondary N) is 2. The molecule has 0 spiro atoms. The molecule has 1 aromatic carbocycles. The predicted molar refractivity (Wildman–Crippen MR) is 101 cm³/mol. The van der Waals surface area contributed by atoms with Gasteiger partial charge in [-0.25, -0.2) is 4.98 Å². The number of aromatic nitrogens is 5.